The van der Waals surface area contributed by atoms with Crippen LogP contribution < -0.4 is 10.7 Å². The molecule has 1 heterocycles. The number of furan rings is 1. The number of hydrazone groups is 1. The van der Waals surface area contributed by atoms with Gasteiger partial charge < -0.3 is 9.73 Å². The van der Waals surface area contributed by atoms with Gasteiger partial charge in [0.2, 0.25) is 0 Å². The molecule has 0 aliphatic heterocycles. The molecule has 1 aromatic heterocycles. The summed E-state index contributed by atoms with van der Waals surface area (Å²) in [7, 11) is 0. The van der Waals surface area contributed by atoms with E-state index in [1.54, 1.807) is 24.3 Å². The molecular formula is C17H19N3O3. The maximum absolute atomic E-state index is 11.8. The highest BCUT2D eigenvalue weighted by atomic mass is 16.3. The molecule has 6 nitrogen and oxygen atoms in total. The van der Waals surface area contributed by atoms with E-state index in [4.69, 9.17) is 4.42 Å². The lowest BCUT2D eigenvalue weighted by Gasteiger charge is -2.19. The van der Waals surface area contributed by atoms with E-state index >= 15 is 0 Å². The molecule has 6 heteroatoms. The number of hydrogen-bond acceptors (Lipinski definition) is 4. The molecule has 0 radical (unpaired) electrons. The molecule has 0 spiro atoms. The van der Waals surface area contributed by atoms with Crippen LogP contribution in [0.3, 0.4) is 0 Å². The average Bonchev–Trinajstić information content (AvgIpc) is 3.00. The van der Waals surface area contributed by atoms with Crippen LogP contribution >= 0.6 is 0 Å². The Hall–Kier alpha value is -2.89. The summed E-state index contributed by atoms with van der Waals surface area (Å²) >= 11 is 0. The number of carbonyl (C=O) groups excluding carboxylic acids is 2. The maximum atomic E-state index is 11.8. The molecule has 23 heavy (non-hydrogen) atoms. The van der Waals surface area contributed by atoms with Crippen molar-refractivity contribution < 1.29 is 14.0 Å². The Morgan fingerprint density at radius 2 is 1.78 bits per heavy atom. The highest BCUT2D eigenvalue weighted by molar-refractivity contribution is 6.39. The van der Waals surface area contributed by atoms with Gasteiger partial charge in [-0.1, -0.05) is 32.9 Å². The number of hydrogen-bond donors (Lipinski definition) is 2. The summed E-state index contributed by atoms with van der Waals surface area (Å²) in [5.74, 6) is -1.17. The minimum atomic E-state index is -0.854. The normalized spacial score (nSPS) is 11.4. The molecule has 0 saturated carbocycles. The first-order valence-electron chi connectivity index (χ1n) is 7.15. The molecule has 0 aliphatic carbocycles. The number of benzene rings is 1. The summed E-state index contributed by atoms with van der Waals surface area (Å²) in [5, 5.41) is 6.16. The fraction of sp³-hybridized carbons (Fsp3) is 0.235. The van der Waals surface area contributed by atoms with E-state index in [9.17, 15) is 9.59 Å². The summed E-state index contributed by atoms with van der Waals surface area (Å²) in [6, 6.07) is 10.7. The monoisotopic (exact) mass is 313 g/mol. The SMILES string of the molecule is CC(C)(C)c1ccc(NC(=O)C(=O)N/N=C\c2ccco2)cc1. The van der Waals surface area contributed by atoms with Gasteiger partial charge in [-0.2, -0.15) is 5.10 Å². The summed E-state index contributed by atoms with van der Waals surface area (Å²) < 4.78 is 5.01. The van der Waals surface area contributed by atoms with Crippen LogP contribution in [0.15, 0.2) is 52.2 Å². The Bertz CT molecular complexity index is 696. The van der Waals surface area contributed by atoms with Crippen molar-refractivity contribution in [3.8, 4) is 0 Å². The lowest BCUT2D eigenvalue weighted by Crippen LogP contribution is -2.32. The highest BCUT2D eigenvalue weighted by Crippen LogP contribution is 2.23. The molecule has 2 aromatic rings. The fourth-order valence-electron chi connectivity index (χ4n) is 1.81. The van der Waals surface area contributed by atoms with Gasteiger partial charge >= 0.3 is 11.8 Å². The number of carbonyl (C=O) groups is 2. The molecule has 0 unspecified atom stereocenters. The predicted octanol–water partition coefficient (Wildman–Crippen LogP) is 2.67. The Morgan fingerprint density at radius 1 is 1.09 bits per heavy atom. The maximum Gasteiger partial charge on any atom is 0.329 e. The van der Waals surface area contributed by atoms with Gasteiger partial charge in [0.05, 0.1) is 12.5 Å². The third-order valence-corrected chi connectivity index (χ3v) is 3.12. The van der Waals surface area contributed by atoms with E-state index in [0.717, 1.165) is 5.56 Å². The Labute approximate surface area is 134 Å². The third-order valence-electron chi connectivity index (χ3n) is 3.12. The second-order valence-electron chi connectivity index (χ2n) is 6.00. The topological polar surface area (TPSA) is 83.7 Å². The molecule has 2 N–H and O–H groups in total. The van der Waals surface area contributed by atoms with Crippen molar-refractivity contribution in [2.75, 3.05) is 5.32 Å². The number of nitrogens with one attached hydrogen (secondary N) is 2. The minimum Gasteiger partial charge on any atom is -0.463 e. The van der Waals surface area contributed by atoms with Gasteiger partial charge in [-0.3, -0.25) is 9.59 Å². The van der Waals surface area contributed by atoms with Crippen LogP contribution in [0.25, 0.3) is 0 Å². The minimum absolute atomic E-state index is 0.0283. The number of anilines is 1. The molecular weight excluding hydrogens is 294 g/mol. The van der Waals surface area contributed by atoms with Crippen LogP contribution in [0, 0.1) is 0 Å². The van der Waals surface area contributed by atoms with Crippen molar-refractivity contribution in [1.82, 2.24) is 5.43 Å². The molecule has 0 fully saturated rings. The molecule has 0 atom stereocenters. The van der Waals surface area contributed by atoms with Gasteiger partial charge in [-0.25, -0.2) is 5.43 Å². The van der Waals surface area contributed by atoms with Crippen molar-refractivity contribution in [3.63, 3.8) is 0 Å². The number of nitrogens with zero attached hydrogens (tertiary/aromatic N) is 1. The van der Waals surface area contributed by atoms with E-state index in [-0.39, 0.29) is 5.41 Å². The highest BCUT2D eigenvalue weighted by Gasteiger charge is 2.15. The van der Waals surface area contributed by atoms with E-state index in [1.165, 1.54) is 12.5 Å². The van der Waals surface area contributed by atoms with Crippen molar-refractivity contribution in [2.45, 2.75) is 26.2 Å². The van der Waals surface area contributed by atoms with E-state index < -0.39 is 11.8 Å². The average molecular weight is 313 g/mol. The van der Waals surface area contributed by atoms with Crippen LogP contribution in [0.2, 0.25) is 0 Å². The van der Waals surface area contributed by atoms with E-state index in [1.807, 2.05) is 12.1 Å². The molecule has 0 aliphatic rings. The Morgan fingerprint density at radius 3 is 2.35 bits per heavy atom. The Balaban J connectivity index is 1.89. The van der Waals surface area contributed by atoms with Crippen molar-refractivity contribution in [2.24, 2.45) is 5.10 Å². The van der Waals surface area contributed by atoms with Crippen molar-refractivity contribution in [1.29, 1.82) is 0 Å². The lowest BCUT2D eigenvalue weighted by molar-refractivity contribution is -0.136. The van der Waals surface area contributed by atoms with Crippen LogP contribution in [0.4, 0.5) is 5.69 Å². The van der Waals surface area contributed by atoms with Gasteiger partial charge in [0.25, 0.3) is 0 Å². The molecule has 2 amide bonds. The first-order chi connectivity index (χ1) is 10.9. The van der Waals surface area contributed by atoms with Gasteiger partial charge in [0.15, 0.2) is 0 Å². The smallest absolute Gasteiger partial charge is 0.329 e. The molecule has 1 aromatic carbocycles. The fourth-order valence-corrected chi connectivity index (χ4v) is 1.81. The zero-order valence-electron chi connectivity index (χ0n) is 13.3. The zero-order valence-corrected chi connectivity index (χ0v) is 13.3. The van der Waals surface area contributed by atoms with E-state index in [2.05, 4.69) is 36.6 Å². The predicted molar refractivity (Wildman–Crippen MR) is 88.2 cm³/mol. The van der Waals surface area contributed by atoms with Crippen LogP contribution in [0.1, 0.15) is 32.1 Å². The summed E-state index contributed by atoms with van der Waals surface area (Å²) in [4.78, 5) is 23.4. The number of rotatable bonds is 3. The second kappa shape index (κ2) is 6.91. The zero-order chi connectivity index (χ0) is 16.9. The summed E-state index contributed by atoms with van der Waals surface area (Å²) in [5.41, 5.74) is 3.85. The van der Waals surface area contributed by atoms with Crippen LogP contribution in [0.5, 0.6) is 0 Å². The summed E-state index contributed by atoms with van der Waals surface area (Å²) in [6.45, 7) is 6.31. The standard InChI is InChI=1S/C17H19N3O3/c1-17(2,3)12-6-8-13(9-7-12)19-15(21)16(22)20-18-11-14-5-4-10-23-14/h4-11H,1-3H3,(H,19,21)(H,20,22)/b18-11-. The van der Waals surface area contributed by atoms with Crippen molar-refractivity contribution >= 4 is 23.7 Å². The Kier molecular flexibility index (Phi) is 4.95. The van der Waals surface area contributed by atoms with Gasteiger partial charge in [-0.05, 0) is 35.2 Å². The molecule has 2 rings (SSSR count). The summed E-state index contributed by atoms with van der Waals surface area (Å²) in [6.07, 6.45) is 2.79. The van der Waals surface area contributed by atoms with E-state index in [0.29, 0.717) is 11.4 Å². The first kappa shape index (κ1) is 16.5. The first-order valence-corrected chi connectivity index (χ1v) is 7.15. The van der Waals surface area contributed by atoms with Crippen LogP contribution in [-0.2, 0) is 15.0 Å². The molecule has 0 bridgehead atoms. The largest absolute Gasteiger partial charge is 0.463 e. The molecule has 0 saturated heterocycles. The van der Waals surface area contributed by atoms with Gasteiger partial charge in [-0.15, -0.1) is 0 Å². The van der Waals surface area contributed by atoms with Crippen molar-refractivity contribution in [3.05, 3.63) is 54.0 Å². The number of amides is 2. The quantitative estimate of drug-likeness (QED) is 0.519. The third kappa shape index (κ3) is 4.81. The van der Waals surface area contributed by atoms with Gasteiger partial charge in [0.1, 0.15) is 5.76 Å². The van der Waals surface area contributed by atoms with Gasteiger partial charge in [0, 0.05) is 5.69 Å². The lowest BCUT2D eigenvalue weighted by atomic mass is 9.87. The van der Waals surface area contributed by atoms with Crippen LogP contribution in [-0.4, -0.2) is 18.0 Å². The molecule has 120 valence electrons. The second-order valence-corrected chi connectivity index (χ2v) is 6.00.